The number of nitrogens with zero attached hydrogens (tertiary/aromatic N) is 2. The molecular weight excluding hydrogens is 411 g/mol. The molecule has 22 heavy (non-hydrogen) atoms. The summed E-state index contributed by atoms with van der Waals surface area (Å²) in [6, 6.07) is 0.485. The van der Waals surface area contributed by atoms with Gasteiger partial charge in [-0.25, -0.2) is 0 Å². The lowest BCUT2D eigenvalue weighted by atomic mass is 10.1. The molecule has 2 unspecified atom stereocenters. The van der Waals surface area contributed by atoms with Crippen LogP contribution in [0.5, 0.6) is 0 Å². The number of rotatable bonds is 4. The third-order valence-corrected chi connectivity index (χ3v) is 5.49. The lowest BCUT2D eigenvalue weighted by Gasteiger charge is -2.27. The highest BCUT2D eigenvalue weighted by Crippen LogP contribution is 2.27. The van der Waals surface area contributed by atoms with Crippen molar-refractivity contribution in [3.63, 3.8) is 0 Å². The second-order valence-corrected chi connectivity index (χ2v) is 7.02. The van der Waals surface area contributed by atoms with Gasteiger partial charge in [-0.3, -0.25) is 9.79 Å². The van der Waals surface area contributed by atoms with Crippen molar-refractivity contribution in [2.75, 3.05) is 32.9 Å². The molecule has 2 N–H and O–H groups in total. The smallest absolute Gasteiger partial charge is 0.241 e. The number of carbonyl (C=O) groups excluding carboxylic acids is 1. The predicted molar refractivity (Wildman–Crippen MR) is 105 cm³/mol. The third kappa shape index (κ3) is 6.14. The Labute approximate surface area is 155 Å². The molecule has 2 fully saturated rings. The van der Waals surface area contributed by atoms with Crippen LogP contribution in [0.1, 0.15) is 38.5 Å². The lowest BCUT2D eigenvalue weighted by Crippen LogP contribution is -2.48. The normalized spacial score (nSPS) is 25.5. The highest BCUT2D eigenvalue weighted by Gasteiger charge is 2.24. The monoisotopic (exact) mass is 440 g/mol. The Morgan fingerprint density at radius 2 is 2.00 bits per heavy atom. The van der Waals surface area contributed by atoms with Gasteiger partial charge >= 0.3 is 0 Å². The molecule has 1 amide bonds. The number of hydrogen-bond donors (Lipinski definition) is 2. The minimum atomic E-state index is 0. The summed E-state index contributed by atoms with van der Waals surface area (Å²) in [4.78, 5) is 18.3. The van der Waals surface area contributed by atoms with Gasteiger partial charge in [0.05, 0.1) is 6.54 Å². The van der Waals surface area contributed by atoms with Crippen LogP contribution >= 0.6 is 35.7 Å². The van der Waals surface area contributed by atoms with Crippen LogP contribution in [0, 0.1) is 0 Å². The number of guanidine groups is 1. The predicted octanol–water partition coefficient (Wildman–Crippen LogP) is 2.07. The van der Waals surface area contributed by atoms with Crippen LogP contribution in [0.3, 0.4) is 0 Å². The number of nitrogens with one attached hydrogen (secondary N) is 2. The van der Waals surface area contributed by atoms with Crippen molar-refractivity contribution in [3.8, 4) is 0 Å². The van der Waals surface area contributed by atoms with Gasteiger partial charge in [0.25, 0.3) is 0 Å². The van der Waals surface area contributed by atoms with Crippen molar-refractivity contribution in [1.29, 1.82) is 0 Å². The maximum atomic E-state index is 12.1. The van der Waals surface area contributed by atoms with Crippen LogP contribution in [-0.2, 0) is 4.79 Å². The molecule has 1 saturated carbocycles. The van der Waals surface area contributed by atoms with Crippen LogP contribution in [-0.4, -0.2) is 61.0 Å². The number of piperidine rings is 1. The van der Waals surface area contributed by atoms with Gasteiger partial charge in [-0.05, 0) is 44.8 Å². The molecule has 0 radical (unpaired) electrons. The number of likely N-dealkylation sites (tertiary alicyclic amines) is 1. The summed E-state index contributed by atoms with van der Waals surface area (Å²) >= 11 is 1.95. The summed E-state index contributed by atoms with van der Waals surface area (Å²) in [5.41, 5.74) is 0. The molecule has 7 heteroatoms. The van der Waals surface area contributed by atoms with E-state index in [0.717, 1.165) is 37.1 Å². The number of amides is 1. The van der Waals surface area contributed by atoms with Gasteiger partial charge < -0.3 is 15.5 Å². The quantitative estimate of drug-likeness (QED) is 0.399. The van der Waals surface area contributed by atoms with Gasteiger partial charge in [-0.1, -0.05) is 0 Å². The topological polar surface area (TPSA) is 56.7 Å². The Balaban J connectivity index is 0.00000242. The molecule has 0 spiro atoms. The van der Waals surface area contributed by atoms with E-state index in [-0.39, 0.29) is 29.9 Å². The molecule has 1 aliphatic heterocycles. The molecule has 1 aliphatic carbocycles. The Morgan fingerprint density at radius 1 is 1.27 bits per heavy atom. The molecule has 2 aliphatic rings. The number of carbonyl (C=O) groups is 1. The van der Waals surface area contributed by atoms with E-state index in [4.69, 9.17) is 0 Å². The van der Waals surface area contributed by atoms with Crippen LogP contribution < -0.4 is 10.6 Å². The Kier molecular flexibility index (Phi) is 9.54. The maximum absolute atomic E-state index is 12.1. The largest absolute Gasteiger partial charge is 0.354 e. The molecule has 2 atom stereocenters. The van der Waals surface area contributed by atoms with Gasteiger partial charge in [-0.2, -0.15) is 11.8 Å². The minimum Gasteiger partial charge on any atom is -0.354 e. The number of hydrogen-bond acceptors (Lipinski definition) is 3. The lowest BCUT2D eigenvalue weighted by molar-refractivity contribution is -0.130. The number of thioether (sulfide) groups is 1. The highest BCUT2D eigenvalue weighted by atomic mass is 127. The molecule has 1 saturated heterocycles. The summed E-state index contributed by atoms with van der Waals surface area (Å²) in [6.45, 7) is 2.16. The number of aliphatic imine (C=N–C) groups is 1. The van der Waals surface area contributed by atoms with E-state index in [9.17, 15) is 4.79 Å². The summed E-state index contributed by atoms with van der Waals surface area (Å²) in [7, 11) is 1.77. The molecule has 0 bridgehead atoms. The third-order valence-electron chi connectivity index (χ3n) is 4.40. The van der Waals surface area contributed by atoms with Crippen molar-refractivity contribution in [2.24, 2.45) is 4.99 Å². The molecule has 1 heterocycles. The second-order valence-electron chi connectivity index (χ2n) is 5.88. The van der Waals surface area contributed by atoms with Crippen LogP contribution in [0.2, 0.25) is 0 Å². The Morgan fingerprint density at radius 3 is 2.59 bits per heavy atom. The minimum absolute atomic E-state index is 0. The molecule has 0 aromatic rings. The van der Waals surface area contributed by atoms with Gasteiger partial charge in [0.2, 0.25) is 5.91 Å². The van der Waals surface area contributed by atoms with Gasteiger partial charge in [0, 0.05) is 31.4 Å². The fraction of sp³-hybridized carbons (Fsp3) is 0.867. The van der Waals surface area contributed by atoms with E-state index in [1.54, 1.807) is 7.05 Å². The Bertz CT molecular complexity index is 375. The molecular formula is C15H29IN4OS. The average molecular weight is 440 g/mol. The first-order valence-corrected chi connectivity index (χ1v) is 9.29. The molecule has 2 rings (SSSR count). The average Bonchev–Trinajstić information content (AvgIpc) is 2.99. The van der Waals surface area contributed by atoms with Crippen LogP contribution in [0.25, 0.3) is 0 Å². The van der Waals surface area contributed by atoms with Crippen molar-refractivity contribution < 1.29 is 4.79 Å². The van der Waals surface area contributed by atoms with Crippen molar-refractivity contribution in [1.82, 2.24) is 15.5 Å². The van der Waals surface area contributed by atoms with Gasteiger partial charge in [0.1, 0.15) is 0 Å². The van der Waals surface area contributed by atoms with E-state index in [1.165, 1.54) is 25.7 Å². The van der Waals surface area contributed by atoms with E-state index >= 15 is 0 Å². The van der Waals surface area contributed by atoms with E-state index < -0.39 is 0 Å². The van der Waals surface area contributed by atoms with Crippen molar-refractivity contribution in [2.45, 2.75) is 49.8 Å². The van der Waals surface area contributed by atoms with E-state index in [0.29, 0.717) is 12.6 Å². The summed E-state index contributed by atoms with van der Waals surface area (Å²) in [6.07, 6.45) is 9.33. The Hall–Kier alpha value is -0.180. The SMILES string of the molecule is CN=C(NCC(=O)N1CCCCC1)NC1CCC(SC)C1.I. The number of halogens is 1. The summed E-state index contributed by atoms with van der Waals surface area (Å²) < 4.78 is 0. The molecule has 128 valence electrons. The highest BCUT2D eigenvalue weighted by molar-refractivity contribution is 14.0. The van der Waals surface area contributed by atoms with Gasteiger partial charge in [0.15, 0.2) is 5.96 Å². The fourth-order valence-corrected chi connectivity index (χ4v) is 3.88. The first-order valence-electron chi connectivity index (χ1n) is 8.00. The standard InChI is InChI=1S/C15H28N4OS.HI/c1-16-15(18-12-6-7-13(10-12)21-2)17-11-14(20)19-8-4-3-5-9-19;/h12-13H,3-11H2,1-2H3,(H2,16,17,18);1H. The van der Waals surface area contributed by atoms with Gasteiger partial charge in [-0.15, -0.1) is 24.0 Å². The zero-order valence-electron chi connectivity index (χ0n) is 13.6. The summed E-state index contributed by atoms with van der Waals surface area (Å²) in [5.74, 6) is 0.943. The van der Waals surface area contributed by atoms with E-state index in [1.807, 2.05) is 16.7 Å². The molecule has 0 aromatic heterocycles. The first kappa shape index (κ1) is 19.9. The van der Waals surface area contributed by atoms with Crippen LogP contribution in [0.15, 0.2) is 4.99 Å². The maximum Gasteiger partial charge on any atom is 0.241 e. The zero-order valence-corrected chi connectivity index (χ0v) is 16.8. The first-order chi connectivity index (χ1) is 10.2. The van der Waals surface area contributed by atoms with Crippen molar-refractivity contribution in [3.05, 3.63) is 0 Å². The van der Waals surface area contributed by atoms with Crippen molar-refractivity contribution >= 4 is 47.6 Å². The zero-order chi connectivity index (χ0) is 15.1. The molecule has 5 nitrogen and oxygen atoms in total. The van der Waals surface area contributed by atoms with Crippen LogP contribution in [0.4, 0.5) is 0 Å². The molecule has 0 aromatic carbocycles. The summed E-state index contributed by atoms with van der Waals surface area (Å²) in [5, 5.41) is 7.37. The van der Waals surface area contributed by atoms with E-state index in [2.05, 4.69) is 21.9 Å². The second kappa shape index (κ2) is 10.6. The fourth-order valence-electron chi connectivity index (χ4n) is 3.09.